The highest BCUT2D eigenvalue weighted by Gasteiger charge is 2.33. The number of aliphatic hydroxyl groups excluding tert-OH is 1. The number of carboxylic acids is 1. The van der Waals surface area contributed by atoms with E-state index in [1.165, 1.54) is 0 Å². The second-order valence-corrected chi connectivity index (χ2v) is 6.01. The average molecular weight is 292 g/mol. The van der Waals surface area contributed by atoms with E-state index in [1.54, 1.807) is 12.1 Å². The third-order valence-electron chi connectivity index (χ3n) is 4.28. The molecule has 0 radical (unpaired) electrons. The Labute approximate surface area is 125 Å². The molecule has 1 heterocycles. The number of aryl methyl sites for hydroxylation is 1. The maximum Gasteiger partial charge on any atom is 0.335 e. The number of hydrogen-bond donors (Lipinski definition) is 3. The minimum atomic E-state index is -0.935. The number of rotatable bonds is 7. The lowest BCUT2D eigenvalue weighted by Gasteiger charge is -2.27. The minimum absolute atomic E-state index is 0.0776. The van der Waals surface area contributed by atoms with Crippen LogP contribution in [0.25, 0.3) is 0 Å². The number of carboxylic acid groups (broad SMARTS) is 1. The van der Waals surface area contributed by atoms with Crippen LogP contribution < -0.4 is 5.32 Å². The summed E-state index contributed by atoms with van der Waals surface area (Å²) in [5.41, 5.74) is 0.982. The maximum atomic E-state index is 11.2. The van der Waals surface area contributed by atoms with Crippen molar-refractivity contribution in [2.75, 3.05) is 18.5 Å². The highest BCUT2D eigenvalue weighted by atomic mass is 16.4. The number of pyridine rings is 1. The Morgan fingerprint density at radius 1 is 1.38 bits per heavy atom. The van der Waals surface area contributed by atoms with Gasteiger partial charge in [0.1, 0.15) is 5.82 Å². The molecule has 0 unspecified atom stereocenters. The van der Waals surface area contributed by atoms with Gasteiger partial charge >= 0.3 is 5.97 Å². The molecule has 21 heavy (non-hydrogen) atoms. The third kappa shape index (κ3) is 3.94. The second-order valence-electron chi connectivity index (χ2n) is 6.01. The molecule has 1 aliphatic rings. The van der Waals surface area contributed by atoms with E-state index in [-0.39, 0.29) is 17.6 Å². The molecule has 0 atom stereocenters. The van der Waals surface area contributed by atoms with Gasteiger partial charge in [-0.15, -0.1) is 0 Å². The van der Waals surface area contributed by atoms with Gasteiger partial charge in [0.2, 0.25) is 0 Å². The summed E-state index contributed by atoms with van der Waals surface area (Å²) in [5.74, 6) is -0.339. The van der Waals surface area contributed by atoms with Crippen LogP contribution in [0.15, 0.2) is 12.1 Å². The molecule has 0 aromatic carbocycles. The summed E-state index contributed by atoms with van der Waals surface area (Å²) in [5, 5.41) is 22.0. The predicted octanol–water partition coefficient (Wildman–Crippen LogP) is 2.70. The number of anilines is 1. The van der Waals surface area contributed by atoms with Gasteiger partial charge in [-0.1, -0.05) is 26.2 Å². The number of nitrogens with one attached hydrogen (secondary N) is 1. The summed E-state index contributed by atoms with van der Waals surface area (Å²) in [6, 6.07) is 3.20. The number of aromatic nitrogens is 1. The minimum Gasteiger partial charge on any atom is -0.478 e. The lowest BCUT2D eigenvalue weighted by Crippen LogP contribution is -2.30. The molecule has 0 amide bonds. The van der Waals surface area contributed by atoms with Gasteiger partial charge in [-0.2, -0.15) is 0 Å². The van der Waals surface area contributed by atoms with Crippen LogP contribution in [0.1, 0.15) is 55.1 Å². The zero-order valence-electron chi connectivity index (χ0n) is 12.6. The number of aromatic carboxylic acids is 1. The lowest BCUT2D eigenvalue weighted by molar-refractivity contribution is 0.0696. The summed E-state index contributed by atoms with van der Waals surface area (Å²) in [6.45, 7) is 2.85. The molecular weight excluding hydrogens is 268 g/mol. The van der Waals surface area contributed by atoms with Gasteiger partial charge in [-0.05, 0) is 31.4 Å². The Balaban J connectivity index is 2.12. The van der Waals surface area contributed by atoms with E-state index >= 15 is 0 Å². The SMILES string of the molecule is CCCc1cc(C(=O)O)cc(NCC2(CO)CCCC2)n1. The Bertz CT molecular complexity index is 496. The van der Waals surface area contributed by atoms with Gasteiger partial charge in [0, 0.05) is 17.7 Å². The highest BCUT2D eigenvalue weighted by Crippen LogP contribution is 2.37. The smallest absolute Gasteiger partial charge is 0.335 e. The van der Waals surface area contributed by atoms with Crippen LogP contribution in [0.2, 0.25) is 0 Å². The van der Waals surface area contributed by atoms with E-state index in [1.807, 2.05) is 6.92 Å². The average Bonchev–Trinajstić information content (AvgIpc) is 2.95. The predicted molar refractivity (Wildman–Crippen MR) is 81.7 cm³/mol. The van der Waals surface area contributed by atoms with Crippen molar-refractivity contribution >= 4 is 11.8 Å². The summed E-state index contributed by atoms with van der Waals surface area (Å²) in [7, 11) is 0. The van der Waals surface area contributed by atoms with E-state index in [0.717, 1.165) is 44.2 Å². The molecule has 0 saturated heterocycles. The second kappa shape index (κ2) is 6.89. The molecule has 0 aliphatic heterocycles. The van der Waals surface area contributed by atoms with Crippen LogP contribution in [-0.4, -0.2) is 34.3 Å². The normalized spacial score (nSPS) is 16.9. The standard InChI is InChI=1S/C16H24N2O3/c1-2-5-13-8-12(15(20)21)9-14(18-13)17-10-16(11-19)6-3-4-7-16/h8-9,19H,2-7,10-11H2,1H3,(H,17,18)(H,20,21). The molecule has 3 N–H and O–H groups in total. The van der Waals surface area contributed by atoms with Crippen LogP contribution in [-0.2, 0) is 6.42 Å². The van der Waals surface area contributed by atoms with Crippen molar-refractivity contribution in [1.82, 2.24) is 4.98 Å². The molecule has 116 valence electrons. The molecule has 5 heteroatoms. The van der Waals surface area contributed by atoms with Crippen molar-refractivity contribution in [2.45, 2.75) is 45.4 Å². The van der Waals surface area contributed by atoms with Crippen molar-refractivity contribution < 1.29 is 15.0 Å². The Kier molecular flexibility index (Phi) is 5.17. The number of aliphatic hydroxyl groups is 1. The Morgan fingerprint density at radius 2 is 2.10 bits per heavy atom. The fraction of sp³-hybridized carbons (Fsp3) is 0.625. The van der Waals surface area contributed by atoms with E-state index in [9.17, 15) is 15.0 Å². The van der Waals surface area contributed by atoms with Crippen LogP contribution in [0.5, 0.6) is 0 Å². The van der Waals surface area contributed by atoms with E-state index in [0.29, 0.717) is 12.4 Å². The molecule has 1 aromatic rings. The quantitative estimate of drug-likeness (QED) is 0.719. The fourth-order valence-corrected chi connectivity index (χ4v) is 2.98. The number of carbonyl (C=O) groups is 1. The molecule has 1 aliphatic carbocycles. The van der Waals surface area contributed by atoms with Gasteiger partial charge in [0.15, 0.2) is 0 Å². The lowest BCUT2D eigenvalue weighted by atomic mass is 9.87. The number of nitrogens with zero attached hydrogens (tertiary/aromatic N) is 1. The zero-order valence-corrected chi connectivity index (χ0v) is 12.6. The van der Waals surface area contributed by atoms with Crippen molar-refractivity contribution in [3.8, 4) is 0 Å². The summed E-state index contributed by atoms with van der Waals surface area (Å²) in [6.07, 6.45) is 6.00. The van der Waals surface area contributed by atoms with Gasteiger partial charge < -0.3 is 15.5 Å². The van der Waals surface area contributed by atoms with Gasteiger partial charge in [-0.3, -0.25) is 0 Å². The molecule has 1 aromatic heterocycles. The Hall–Kier alpha value is -1.62. The largest absolute Gasteiger partial charge is 0.478 e. The molecular formula is C16H24N2O3. The summed E-state index contributed by atoms with van der Waals surface area (Å²) >= 11 is 0. The topological polar surface area (TPSA) is 82.5 Å². The molecule has 1 fully saturated rings. The first-order valence-corrected chi connectivity index (χ1v) is 7.67. The van der Waals surface area contributed by atoms with E-state index < -0.39 is 5.97 Å². The number of hydrogen-bond acceptors (Lipinski definition) is 4. The molecule has 0 spiro atoms. The third-order valence-corrected chi connectivity index (χ3v) is 4.28. The van der Waals surface area contributed by atoms with Crippen LogP contribution in [0.3, 0.4) is 0 Å². The van der Waals surface area contributed by atoms with Crippen molar-refractivity contribution in [3.63, 3.8) is 0 Å². The van der Waals surface area contributed by atoms with Crippen LogP contribution >= 0.6 is 0 Å². The van der Waals surface area contributed by atoms with Crippen LogP contribution in [0, 0.1) is 5.41 Å². The van der Waals surface area contributed by atoms with Gasteiger partial charge in [-0.25, -0.2) is 9.78 Å². The van der Waals surface area contributed by atoms with Crippen LogP contribution in [0.4, 0.5) is 5.82 Å². The monoisotopic (exact) mass is 292 g/mol. The van der Waals surface area contributed by atoms with Gasteiger partial charge in [0.25, 0.3) is 0 Å². The fourth-order valence-electron chi connectivity index (χ4n) is 2.98. The summed E-state index contributed by atoms with van der Waals surface area (Å²) in [4.78, 5) is 15.7. The molecule has 5 nitrogen and oxygen atoms in total. The maximum absolute atomic E-state index is 11.2. The zero-order chi connectivity index (χ0) is 15.3. The summed E-state index contributed by atoms with van der Waals surface area (Å²) < 4.78 is 0. The first-order valence-electron chi connectivity index (χ1n) is 7.67. The van der Waals surface area contributed by atoms with E-state index in [2.05, 4.69) is 10.3 Å². The van der Waals surface area contributed by atoms with Crippen molar-refractivity contribution in [1.29, 1.82) is 0 Å². The Morgan fingerprint density at radius 3 is 2.67 bits per heavy atom. The van der Waals surface area contributed by atoms with Gasteiger partial charge in [0.05, 0.1) is 12.2 Å². The molecule has 0 bridgehead atoms. The molecule has 2 rings (SSSR count). The van der Waals surface area contributed by atoms with Crippen molar-refractivity contribution in [3.05, 3.63) is 23.4 Å². The van der Waals surface area contributed by atoms with E-state index in [4.69, 9.17) is 0 Å². The first-order chi connectivity index (χ1) is 10.1. The van der Waals surface area contributed by atoms with Crippen molar-refractivity contribution in [2.24, 2.45) is 5.41 Å². The molecule has 1 saturated carbocycles. The highest BCUT2D eigenvalue weighted by molar-refractivity contribution is 5.88. The first kappa shape index (κ1) is 15.8.